The summed E-state index contributed by atoms with van der Waals surface area (Å²) in [6.07, 6.45) is 0. The van der Waals surface area contributed by atoms with Gasteiger partial charge < -0.3 is 15.5 Å². The fourth-order valence-corrected chi connectivity index (χ4v) is 4.54. The molecule has 2 atom stereocenters. The Bertz CT molecular complexity index is 1300. The van der Waals surface area contributed by atoms with E-state index in [4.69, 9.17) is 0 Å². The standard InChI is InChI=1S/C28H27F2N3O3/c1-16(2)24(26(34)31-15-17-12-18(29)14-19(30)13-17)27(35)32-25-22-10-5-4-8-20(22)21-9-6-7-11-23(21)33(3)28(25)36/h4-14,16,24-25H,15H2,1-3H3,(H,31,34)(H,32,35)/t24-,25+/m1/s1. The smallest absolute Gasteiger partial charge is 0.253 e. The van der Waals surface area contributed by atoms with Crippen molar-refractivity contribution in [1.29, 1.82) is 0 Å². The third-order valence-electron chi connectivity index (χ3n) is 6.31. The number of rotatable bonds is 6. The van der Waals surface area contributed by atoms with E-state index in [9.17, 15) is 23.2 Å². The third kappa shape index (κ3) is 4.98. The van der Waals surface area contributed by atoms with Crippen molar-refractivity contribution in [3.8, 4) is 11.1 Å². The van der Waals surface area contributed by atoms with Gasteiger partial charge in [-0.1, -0.05) is 56.3 Å². The van der Waals surface area contributed by atoms with Crippen LogP contribution in [0.25, 0.3) is 11.1 Å². The van der Waals surface area contributed by atoms with E-state index in [1.54, 1.807) is 33.0 Å². The SMILES string of the molecule is CC(C)[C@H](C(=O)NCc1cc(F)cc(F)c1)C(=O)N[C@@H]1C(=O)N(C)c2ccccc2-c2ccccc21. The average molecular weight is 492 g/mol. The quantitative estimate of drug-likeness (QED) is 0.503. The van der Waals surface area contributed by atoms with Crippen LogP contribution in [0.4, 0.5) is 14.5 Å². The second kappa shape index (κ2) is 10.3. The van der Waals surface area contributed by atoms with Gasteiger partial charge in [0.25, 0.3) is 5.91 Å². The molecule has 0 aliphatic carbocycles. The van der Waals surface area contributed by atoms with Crippen LogP contribution in [0.2, 0.25) is 0 Å². The number of carbonyl (C=O) groups excluding carboxylic acids is 3. The van der Waals surface area contributed by atoms with Crippen LogP contribution in [-0.2, 0) is 20.9 Å². The number of para-hydroxylation sites is 1. The Balaban J connectivity index is 1.59. The van der Waals surface area contributed by atoms with E-state index in [0.29, 0.717) is 11.3 Å². The summed E-state index contributed by atoms with van der Waals surface area (Å²) in [5, 5.41) is 5.39. The first kappa shape index (κ1) is 25.0. The highest BCUT2D eigenvalue weighted by atomic mass is 19.1. The Hall–Kier alpha value is -4.07. The van der Waals surface area contributed by atoms with Gasteiger partial charge in [0.1, 0.15) is 23.6 Å². The summed E-state index contributed by atoms with van der Waals surface area (Å²) in [4.78, 5) is 41.4. The molecule has 0 aromatic heterocycles. The van der Waals surface area contributed by atoms with Crippen LogP contribution < -0.4 is 15.5 Å². The Kier molecular flexibility index (Phi) is 7.15. The average Bonchev–Trinajstić information content (AvgIpc) is 2.92. The number of anilines is 1. The molecule has 186 valence electrons. The number of nitrogens with zero attached hydrogens (tertiary/aromatic N) is 1. The topological polar surface area (TPSA) is 78.5 Å². The monoisotopic (exact) mass is 491 g/mol. The van der Waals surface area contributed by atoms with Crippen molar-refractivity contribution in [1.82, 2.24) is 10.6 Å². The van der Waals surface area contributed by atoms with Gasteiger partial charge in [-0.2, -0.15) is 0 Å². The predicted molar refractivity (Wildman–Crippen MR) is 133 cm³/mol. The summed E-state index contributed by atoms with van der Waals surface area (Å²) >= 11 is 0. The Morgan fingerprint density at radius 2 is 1.53 bits per heavy atom. The number of benzene rings is 3. The number of likely N-dealkylation sites (N-methyl/N-ethyl adjacent to an activating group) is 1. The van der Waals surface area contributed by atoms with Crippen LogP contribution in [0.1, 0.15) is 31.0 Å². The molecule has 1 aliphatic heterocycles. The van der Waals surface area contributed by atoms with Crippen LogP contribution in [0.15, 0.2) is 66.7 Å². The van der Waals surface area contributed by atoms with Crippen LogP contribution in [0.3, 0.4) is 0 Å². The van der Waals surface area contributed by atoms with Gasteiger partial charge in [-0.25, -0.2) is 8.78 Å². The Morgan fingerprint density at radius 3 is 2.19 bits per heavy atom. The molecule has 0 saturated carbocycles. The van der Waals surface area contributed by atoms with Gasteiger partial charge in [-0.05, 0) is 40.8 Å². The van der Waals surface area contributed by atoms with Crippen molar-refractivity contribution < 1.29 is 23.2 Å². The Labute approximate surface area is 208 Å². The van der Waals surface area contributed by atoms with Gasteiger partial charge in [0.2, 0.25) is 11.8 Å². The summed E-state index contributed by atoms with van der Waals surface area (Å²) in [6.45, 7) is 3.29. The number of carbonyl (C=O) groups is 3. The van der Waals surface area contributed by atoms with E-state index < -0.39 is 41.3 Å². The van der Waals surface area contributed by atoms with Gasteiger partial charge in [0.05, 0.1) is 5.69 Å². The van der Waals surface area contributed by atoms with Gasteiger partial charge >= 0.3 is 0 Å². The Morgan fingerprint density at radius 1 is 0.917 bits per heavy atom. The molecule has 6 nitrogen and oxygen atoms in total. The van der Waals surface area contributed by atoms with E-state index in [1.807, 2.05) is 36.4 Å². The molecule has 0 spiro atoms. The predicted octanol–water partition coefficient (Wildman–Crippen LogP) is 4.35. The first-order valence-electron chi connectivity index (χ1n) is 11.7. The first-order chi connectivity index (χ1) is 17.2. The molecule has 3 aromatic carbocycles. The third-order valence-corrected chi connectivity index (χ3v) is 6.31. The highest BCUT2D eigenvalue weighted by molar-refractivity contribution is 6.08. The summed E-state index contributed by atoms with van der Waals surface area (Å²) in [6, 6.07) is 16.8. The van der Waals surface area contributed by atoms with Crippen LogP contribution >= 0.6 is 0 Å². The van der Waals surface area contributed by atoms with Crippen molar-refractivity contribution in [2.75, 3.05) is 11.9 Å². The molecule has 0 saturated heterocycles. The summed E-state index contributed by atoms with van der Waals surface area (Å²) in [5.74, 6) is -4.58. The van der Waals surface area contributed by atoms with Crippen molar-refractivity contribution in [2.24, 2.45) is 11.8 Å². The van der Waals surface area contributed by atoms with E-state index in [1.165, 1.54) is 4.90 Å². The second-order valence-electron chi connectivity index (χ2n) is 9.16. The van der Waals surface area contributed by atoms with Gasteiger partial charge in [-0.3, -0.25) is 14.4 Å². The maximum Gasteiger partial charge on any atom is 0.253 e. The lowest BCUT2D eigenvalue weighted by Crippen LogP contribution is -2.48. The molecule has 3 aromatic rings. The number of hydrogen-bond donors (Lipinski definition) is 2. The van der Waals surface area contributed by atoms with Crippen molar-refractivity contribution >= 4 is 23.4 Å². The highest BCUT2D eigenvalue weighted by Gasteiger charge is 2.37. The molecule has 0 unspecified atom stereocenters. The molecule has 4 rings (SSSR count). The summed E-state index contributed by atoms with van der Waals surface area (Å²) in [5.41, 5.74) is 3.25. The molecule has 1 aliphatic rings. The molecule has 3 amide bonds. The lowest BCUT2D eigenvalue weighted by Gasteiger charge is -2.26. The normalized spacial score (nSPS) is 15.6. The molecule has 1 heterocycles. The minimum atomic E-state index is -1.13. The molecular formula is C28H27F2N3O3. The highest BCUT2D eigenvalue weighted by Crippen LogP contribution is 2.39. The van der Waals surface area contributed by atoms with Crippen LogP contribution in [0.5, 0.6) is 0 Å². The largest absolute Gasteiger partial charge is 0.351 e. The first-order valence-corrected chi connectivity index (χ1v) is 11.7. The lowest BCUT2D eigenvalue weighted by molar-refractivity contribution is -0.139. The van der Waals surface area contributed by atoms with Crippen molar-refractivity contribution in [3.05, 3.63) is 89.5 Å². The molecule has 36 heavy (non-hydrogen) atoms. The molecular weight excluding hydrogens is 464 g/mol. The zero-order chi connectivity index (χ0) is 26.0. The summed E-state index contributed by atoms with van der Waals surface area (Å²) < 4.78 is 27.0. The number of halogens is 2. The molecule has 2 N–H and O–H groups in total. The number of fused-ring (bicyclic) bond motifs is 3. The molecule has 0 radical (unpaired) electrons. The van der Waals surface area contributed by atoms with E-state index in [0.717, 1.165) is 29.3 Å². The van der Waals surface area contributed by atoms with E-state index in [-0.39, 0.29) is 18.0 Å². The summed E-state index contributed by atoms with van der Waals surface area (Å²) in [7, 11) is 1.65. The van der Waals surface area contributed by atoms with Crippen molar-refractivity contribution in [3.63, 3.8) is 0 Å². The molecule has 0 bridgehead atoms. The number of nitrogens with one attached hydrogen (secondary N) is 2. The van der Waals surface area contributed by atoms with Gasteiger partial charge in [0, 0.05) is 25.2 Å². The van der Waals surface area contributed by atoms with Crippen molar-refractivity contribution in [2.45, 2.75) is 26.4 Å². The fourth-order valence-electron chi connectivity index (χ4n) is 4.54. The molecule has 0 fully saturated rings. The number of amides is 3. The second-order valence-corrected chi connectivity index (χ2v) is 9.16. The maximum absolute atomic E-state index is 13.5. The molecule has 8 heteroatoms. The van der Waals surface area contributed by atoms with E-state index in [2.05, 4.69) is 10.6 Å². The zero-order valence-corrected chi connectivity index (χ0v) is 20.2. The van der Waals surface area contributed by atoms with E-state index >= 15 is 0 Å². The minimum absolute atomic E-state index is 0.146. The van der Waals surface area contributed by atoms with Crippen LogP contribution in [0, 0.1) is 23.5 Å². The van der Waals surface area contributed by atoms with Crippen LogP contribution in [-0.4, -0.2) is 24.8 Å². The number of hydrogen-bond acceptors (Lipinski definition) is 3. The zero-order valence-electron chi connectivity index (χ0n) is 20.2. The fraction of sp³-hybridized carbons (Fsp3) is 0.250. The van der Waals surface area contributed by atoms with Gasteiger partial charge in [0.15, 0.2) is 0 Å². The maximum atomic E-state index is 13.5. The minimum Gasteiger partial charge on any atom is -0.351 e. The van der Waals surface area contributed by atoms with Gasteiger partial charge in [-0.15, -0.1) is 0 Å². The lowest BCUT2D eigenvalue weighted by atomic mass is 9.91.